The summed E-state index contributed by atoms with van der Waals surface area (Å²) in [6.07, 6.45) is 7.81. The van der Waals surface area contributed by atoms with Crippen LogP contribution >= 0.6 is 11.6 Å². The summed E-state index contributed by atoms with van der Waals surface area (Å²) < 4.78 is 10.1. The molecule has 7 nitrogen and oxygen atoms in total. The number of fused-ring (bicyclic) bond motifs is 2. The maximum Gasteiger partial charge on any atom is 0.184 e. The summed E-state index contributed by atoms with van der Waals surface area (Å²) in [5.41, 5.74) is 7.36. The second-order valence-electron chi connectivity index (χ2n) is 10.4. The topological polar surface area (TPSA) is 70.7 Å². The van der Waals surface area contributed by atoms with Crippen LogP contribution in [0.15, 0.2) is 116 Å². The van der Waals surface area contributed by atoms with E-state index in [0.717, 1.165) is 44.4 Å². The lowest BCUT2D eigenvalue weighted by Gasteiger charge is -2.23. The average Bonchev–Trinajstić information content (AvgIpc) is 3.71. The van der Waals surface area contributed by atoms with Crippen molar-refractivity contribution in [3.8, 4) is 5.75 Å². The van der Waals surface area contributed by atoms with Crippen molar-refractivity contribution < 1.29 is 4.74 Å². The fourth-order valence-corrected chi connectivity index (χ4v) is 5.53. The largest absolute Gasteiger partial charge is 0.469 e. The third-order valence-corrected chi connectivity index (χ3v) is 7.70. The van der Waals surface area contributed by atoms with Gasteiger partial charge in [0.2, 0.25) is 0 Å². The monoisotopic (exact) mass is 582 g/mol. The molecule has 8 heteroatoms. The van der Waals surface area contributed by atoms with E-state index in [-0.39, 0.29) is 12.8 Å². The van der Waals surface area contributed by atoms with E-state index in [9.17, 15) is 0 Å². The van der Waals surface area contributed by atoms with Crippen LogP contribution in [0.2, 0.25) is 5.02 Å². The molecule has 1 unspecified atom stereocenters. The molecule has 1 atom stereocenters. The predicted octanol–water partition coefficient (Wildman–Crippen LogP) is 7.98. The molecule has 0 amide bonds. The summed E-state index contributed by atoms with van der Waals surface area (Å²) in [4.78, 5) is 4.78. The van der Waals surface area contributed by atoms with Gasteiger partial charge in [-0.05, 0) is 76.5 Å². The fraction of sp³-hybridized carbons (Fsp3) is 0.0857. The minimum absolute atomic E-state index is 0.0924. The van der Waals surface area contributed by atoms with Gasteiger partial charge < -0.3 is 9.30 Å². The zero-order valence-corrected chi connectivity index (χ0v) is 24.1. The van der Waals surface area contributed by atoms with E-state index in [1.807, 2.05) is 42.5 Å². The maximum atomic E-state index is 6.23. The number of aryl methyl sites for hydroxylation is 1. The van der Waals surface area contributed by atoms with Gasteiger partial charge >= 0.3 is 0 Å². The lowest BCUT2D eigenvalue weighted by Crippen LogP contribution is -2.13. The standard InChI is InChI=1S/C35H27ClN6O/c1-24-8-11-28(12-9-24)34(42-19-18-27-5-3-7-33(35(27)42)43-23-41-22-37-39-40-41)29-6-2-4-25(20-29)10-16-31-17-14-26-13-15-30(36)21-32(26)38-31/h2-22,34H,23H2,1H3/b16-10+. The zero-order valence-electron chi connectivity index (χ0n) is 23.4. The smallest absolute Gasteiger partial charge is 0.184 e. The first-order valence-corrected chi connectivity index (χ1v) is 14.3. The molecule has 0 bridgehead atoms. The first-order chi connectivity index (χ1) is 21.1. The van der Waals surface area contributed by atoms with Gasteiger partial charge in [-0.15, -0.1) is 5.10 Å². The van der Waals surface area contributed by atoms with Crippen LogP contribution in [-0.4, -0.2) is 29.8 Å². The number of benzene rings is 4. The molecule has 0 radical (unpaired) electrons. The van der Waals surface area contributed by atoms with Crippen molar-refractivity contribution in [2.75, 3.05) is 0 Å². The Kier molecular flexibility index (Phi) is 7.15. The van der Waals surface area contributed by atoms with Gasteiger partial charge in [-0.25, -0.2) is 4.98 Å². The molecule has 4 aromatic carbocycles. The Morgan fingerprint density at radius 2 is 1.70 bits per heavy atom. The zero-order chi connectivity index (χ0) is 29.2. The minimum atomic E-state index is -0.0924. The molecule has 3 heterocycles. The highest BCUT2D eigenvalue weighted by atomic mass is 35.5. The van der Waals surface area contributed by atoms with E-state index in [2.05, 4.69) is 106 Å². The van der Waals surface area contributed by atoms with Gasteiger partial charge in [-0.1, -0.05) is 90.0 Å². The van der Waals surface area contributed by atoms with Crippen LogP contribution in [0.3, 0.4) is 0 Å². The lowest BCUT2D eigenvalue weighted by atomic mass is 9.95. The van der Waals surface area contributed by atoms with E-state index in [1.165, 1.54) is 17.5 Å². The molecular weight excluding hydrogens is 556 g/mol. The van der Waals surface area contributed by atoms with Crippen LogP contribution in [0.1, 0.15) is 34.0 Å². The summed E-state index contributed by atoms with van der Waals surface area (Å²) in [6.45, 7) is 2.32. The molecule has 0 aliphatic rings. The second-order valence-corrected chi connectivity index (χ2v) is 10.9. The average molecular weight is 583 g/mol. The second kappa shape index (κ2) is 11.5. The summed E-state index contributed by atoms with van der Waals surface area (Å²) >= 11 is 6.20. The first-order valence-electron chi connectivity index (χ1n) is 13.9. The van der Waals surface area contributed by atoms with Gasteiger partial charge in [0, 0.05) is 22.0 Å². The lowest BCUT2D eigenvalue weighted by molar-refractivity contribution is 0.220. The Hall–Kier alpha value is -5.27. The van der Waals surface area contributed by atoms with Crippen molar-refractivity contribution in [3.63, 3.8) is 0 Å². The number of hydrogen-bond acceptors (Lipinski definition) is 5. The summed E-state index contributed by atoms with van der Waals surface area (Å²) in [5.74, 6) is 0.758. The highest BCUT2D eigenvalue weighted by molar-refractivity contribution is 6.31. The Morgan fingerprint density at radius 1 is 0.837 bits per heavy atom. The van der Waals surface area contributed by atoms with Gasteiger partial charge in [0.25, 0.3) is 0 Å². The number of nitrogens with zero attached hydrogens (tertiary/aromatic N) is 6. The van der Waals surface area contributed by atoms with E-state index >= 15 is 0 Å². The van der Waals surface area contributed by atoms with Crippen molar-refractivity contribution in [3.05, 3.63) is 149 Å². The van der Waals surface area contributed by atoms with Crippen LogP contribution in [-0.2, 0) is 6.73 Å². The summed E-state index contributed by atoms with van der Waals surface area (Å²) in [6, 6.07) is 35.3. The molecule has 3 aromatic heterocycles. The Labute approximate surface area is 253 Å². The summed E-state index contributed by atoms with van der Waals surface area (Å²) in [5, 5.41) is 14.2. The van der Waals surface area contributed by atoms with Gasteiger partial charge in [0.15, 0.2) is 6.73 Å². The Balaban J connectivity index is 1.28. The maximum absolute atomic E-state index is 6.23. The highest BCUT2D eigenvalue weighted by Gasteiger charge is 2.20. The van der Waals surface area contributed by atoms with Gasteiger partial charge in [-0.3, -0.25) is 0 Å². The molecule has 7 rings (SSSR count). The highest BCUT2D eigenvalue weighted by Crippen LogP contribution is 2.36. The molecule has 0 saturated heterocycles. The Bertz CT molecular complexity index is 2070. The van der Waals surface area contributed by atoms with Crippen LogP contribution < -0.4 is 4.74 Å². The molecular formula is C35H27ClN6O. The SMILES string of the molecule is Cc1ccc(C(c2cccc(/C=C/c3ccc4ccc(Cl)cc4n3)c2)n2ccc3cccc(OCn4cnnn4)c32)cc1. The van der Waals surface area contributed by atoms with Crippen LogP contribution in [0.25, 0.3) is 34.0 Å². The summed E-state index contributed by atoms with van der Waals surface area (Å²) in [7, 11) is 0. The van der Waals surface area contributed by atoms with Crippen molar-refractivity contribution >= 4 is 45.6 Å². The van der Waals surface area contributed by atoms with Crippen molar-refractivity contribution in [2.45, 2.75) is 19.7 Å². The van der Waals surface area contributed by atoms with E-state index < -0.39 is 0 Å². The third kappa shape index (κ3) is 5.63. The molecule has 0 aliphatic heterocycles. The number of ether oxygens (including phenoxy) is 1. The van der Waals surface area contributed by atoms with Crippen molar-refractivity contribution in [1.82, 2.24) is 29.8 Å². The van der Waals surface area contributed by atoms with E-state index in [4.69, 9.17) is 21.3 Å². The molecule has 0 N–H and O–H groups in total. The first kappa shape index (κ1) is 26.6. The van der Waals surface area contributed by atoms with E-state index in [1.54, 1.807) is 4.68 Å². The number of aromatic nitrogens is 6. The molecule has 0 aliphatic carbocycles. The molecule has 210 valence electrons. The Morgan fingerprint density at radius 3 is 2.56 bits per heavy atom. The number of tetrazole rings is 1. The number of para-hydroxylation sites is 1. The fourth-order valence-electron chi connectivity index (χ4n) is 5.37. The molecule has 43 heavy (non-hydrogen) atoms. The van der Waals surface area contributed by atoms with Crippen molar-refractivity contribution in [1.29, 1.82) is 0 Å². The van der Waals surface area contributed by atoms with Crippen LogP contribution in [0, 0.1) is 6.92 Å². The molecule has 0 saturated carbocycles. The normalized spacial score (nSPS) is 12.3. The number of hydrogen-bond donors (Lipinski definition) is 0. The predicted molar refractivity (Wildman–Crippen MR) is 171 cm³/mol. The van der Waals surface area contributed by atoms with Crippen LogP contribution in [0.4, 0.5) is 0 Å². The van der Waals surface area contributed by atoms with E-state index in [0.29, 0.717) is 5.02 Å². The van der Waals surface area contributed by atoms with Crippen LogP contribution in [0.5, 0.6) is 5.75 Å². The van der Waals surface area contributed by atoms with Gasteiger partial charge in [-0.2, -0.15) is 4.68 Å². The quantitative estimate of drug-likeness (QED) is 0.182. The van der Waals surface area contributed by atoms with Gasteiger partial charge in [0.05, 0.1) is 22.8 Å². The molecule has 0 spiro atoms. The number of rotatable bonds is 8. The van der Waals surface area contributed by atoms with Crippen molar-refractivity contribution in [2.24, 2.45) is 0 Å². The molecule has 0 fully saturated rings. The third-order valence-electron chi connectivity index (χ3n) is 7.47. The van der Waals surface area contributed by atoms with Gasteiger partial charge in [0.1, 0.15) is 12.1 Å². The number of pyridine rings is 1. The molecule has 7 aromatic rings. The minimum Gasteiger partial charge on any atom is -0.469 e. The number of halogens is 1.